The first-order valence-electron chi connectivity index (χ1n) is 6.35. The third-order valence-corrected chi connectivity index (χ3v) is 3.11. The lowest BCUT2D eigenvalue weighted by atomic mass is 10.2. The number of likely N-dealkylation sites (N-methyl/N-ethyl adjacent to an activating group) is 1. The number of rotatable bonds is 7. The third kappa shape index (κ3) is 5.14. The van der Waals surface area contributed by atoms with Crippen LogP contribution < -0.4 is 10.6 Å². The number of hydrogen-bond acceptors (Lipinski definition) is 5. The van der Waals surface area contributed by atoms with E-state index in [0.717, 1.165) is 0 Å². The summed E-state index contributed by atoms with van der Waals surface area (Å²) >= 11 is 0. The van der Waals surface area contributed by atoms with Crippen molar-refractivity contribution in [1.29, 1.82) is 0 Å². The Morgan fingerprint density at radius 2 is 2.16 bits per heavy atom. The van der Waals surface area contributed by atoms with Crippen LogP contribution in [0.1, 0.15) is 6.42 Å². The topological polar surface area (TPSA) is 79.9 Å². The highest BCUT2D eigenvalue weighted by molar-refractivity contribution is 5.87. The zero-order valence-corrected chi connectivity index (χ0v) is 11.8. The number of carbonyl (C=O) groups is 2. The number of hydrogen-bond donors (Lipinski definition) is 2. The van der Waals surface area contributed by atoms with E-state index in [4.69, 9.17) is 9.47 Å². The van der Waals surface area contributed by atoms with E-state index in [9.17, 15) is 9.59 Å². The van der Waals surface area contributed by atoms with Crippen LogP contribution in [0.4, 0.5) is 0 Å². The van der Waals surface area contributed by atoms with Crippen molar-refractivity contribution in [2.45, 2.75) is 18.6 Å². The van der Waals surface area contributed by atoms with Crippen LogP contribution in [-0.2, 0) is 19.1 Å². The van der Waals surface area contributed by atoms with Crippen molar-refractivity contribution in [3.63, 3.8) is 0 Å². The highest BCUT2D eigenvalue weighted by Gasteiger charge is 2.31. The van der Waals surface area contributed by atoms with Gasteiger partial charge in [-0.15, -0.1) is 0 Å². The van der Waals surface area contributed by atoms with E-state index < -0.39 is 0 Å². The fraction of sp³-hybridized carbons (Fsp3) is 0.833. The molecule has 1 saturated heterocycles. The first kappa shape index (κ1) is 15.9. The Balaban J connectivity index is 2.30. The molecule has 0 spiro atoms. The highest BCUT2D eigenvalue weighted by atomic mass is 16.5. The number of amides is 2. The van der Waals surface area contributed by atoms with E-state index in [1.165, 1.54) is 4.90 Å². The maximum atomic E-state index is 12.1. The van der Waals surface area contributed by atoms with Gasteiger partial charge in [0.25, 0.3) is 0 Å². The SMILES string of the molecule is COCCNC(=O)CN(C)C(=O)C1CC(OC)CN1. The predicted molar refractivity (Wildman–Crippen MR) is 69.7 cm³/mol. The Morgan fingerprint density at radius 1 is 1.42 bits per heavy atom. The third-order valence-electron chi connectivity index (χ3n) is 3.11. The Morgan fingerprint density at radius 3 is 2.74 bits per heavy atom. The lowest BCUT2D eigenvalue weighted by Gasteiger charge is -2.20. The Bertz CT molecular complexity index is 311. The van der Waals surface area contributed by atoms with Crippen LogP contribution in [0.5, 0.6) is 0 Å². The molecule has 2 unspecified atom stereocenters. The number of methoxy groups -OCH3 is 2. The summed E-state index contributed by atoms with van der Waals surface area (Å²) in [4.78, 5) is 25.1. The van der Waals surface area contributed by atoms with Crippen LogP contribution in [0, 0.1) is 0 Å². The summed E-state index contributed by atoms with van der Waals surface area (Å²) in [5.74, 6) is -0.268. The molecule has 0 saturated carbocycles. The van der Waals surface area contributed by atoms with Gasteiger partial charge in [-0.2, -0.15) is 0 Å². The lowest BCUT2D eigenvalue weighted by Crippen LogP contribution is -2.46. The van der Waals surface area contributed by atoms with Crippen molar-refractivity contribution in [3.8, 4) is 0 Å². The minimum atomic E-state index is -0.262. The average molecular weight is 273 g/mol. The maximum Gasteiger partial charge on any atom is 0.240 e. The van der Waals surface area contributed by atoms with E-state index >= 15 is 0 Å². The Kier molecular flexibility index (Phi) is 6.75. The van der Waals surface area contributed by atoms with Crippen molar-refractivity contribution >= 4 is 11.8 Å². The summed E-state index contributed by atoms with van der Waals surface area (Å²) in [5.41, 5.74) is 0. The van der Waals surface area contributed by atoms with E-state index in [2.05, 4.69) is 10.6 Å². The monoisotopic (exact) mass is 273 g/mol. The van der Waals surface area contributed by atoms with Crippen LogP contribution >= 0.6 is 0 Å². The largest absolute Gasteiger partial charge is 0.383 e. The maximum absolute atomic E-state index is 12.1. The Labute approximate surface area is 113 Å². The van der Waals surface area contributed by atoms with Crippen LogP contribution in [0.25, 0.3) is 0 Å². The molecule has 0 radical (unpaired) electrons. The smallest absolute Gasteiger partial charge is 0.240 e. The van der Waals surface area contributed by atoms with Crippen molar-refractivity contribution in [2.24, 2.45) is 0 Å². The molecule has 1 aliphatic rings. The van der Waals surface area contributed by atoms with Gasteiger partial charge in [0.2, 0.25) is 11.8 Å². The molecule has 1 fully saturated rings. The van der Waals surface area contributed by atoms with Gasteiger partial charge >= 0.3 is 0 Å². The zero-order valence-electron chi connectivity index (χ0n) is 11.8. The molecule has 0 aromatic heterocycles. The second-order valence-corrected chi connectivity index (χ2v) is 4.59. The summed E-state index contributed by atoms with van der Waals surface area (Å²) in [7, 11) is 4.83. The van der Waals surface area contributed by atoms with Gasteiger partial charge in [0, 0.05) is 34.4 Å². The minimum absolute atomic E-state index is 0.0539. The van der Waals surface area contributed by atoms with Gasteiger partial charge in [-0.25, -0.2) is 0 Å². The first-order chi connectivity index (χ1) is 9.08. The molecular weight excluding hydrogens is 250 g/mol. The second kappa shape index (κ2) is 8.08. The van der Waals surface area contributed by atoms with E-state index in [0.29, 0.717) is 26.1 Å². The highest BCUT2D eigenvalue weighted by Crippen LogP contribution is 2.11. The lowest BCUT2D eigenvalue weighted by molar-refractivity contribution is -0.136. The van der Waals surface area contributed by atoms with Crippen LogP contribution in [-0.4, -0.2) is 76.4 Å². The quantitative estimate of drug-likeness (QED) is 0.557. The fourth-order valence-electron chi connectivity index (χ4n) is 1.98. The van der Waals surface area contributed by atoms with Gasteiger partial charge in [0.05, 0.1) is 25.3 Å². The van der Waals surface area contributed by atoms with Crippen molar-refractivity contribution in [2.75, 3.05) is 47.5 Å². The van der Waals surface area contributed by atoms with Crippen molar-refractivity contribution in [3.05, 3.63) is 0 Å². The standard InChI is InChI=1S/C12H23N3O4/c1-15(8-11(16)13-4-5-18-2)12(17)10-6-9(19-3)7-14-10/h9-10,14H,4-8H2,1-3H3,(H,13,16). The summed E-state index contributed by atoms with van der Waals surface area (Å²) < 4.78 is 10.0. The van der Waals surface area contributed by atoms with Gasteiger partial charge in [0.1, 0.15) is 0 Å². The molecule has 0 bridgehead atoms. The molecule has 2 N–H and O–H groups in total. The van der Waals surface area contributed by atoms with Gasteiger partial charge in [0.15, 0.2) is 0 Å². The Hall–Kier alpha value is -1.18. The average Bonchev–Trinajstić information content (AvgIpc) is 2.86. The van der Waals surface area contributed by atoms with Crippen molar-refractivity contribution < 1.29 is 19.1 Å². The molecule has 110 valence electrons. The summed E-state index contributed by atoms with van der Waals surface area (Å²) in [6, 6.07) is -0.262. The van der Waals surface area contributed by atoms with Gasteiger partial charge in [-0.1, -0.05) is 0 Å². The van der Waals surface area contributed by atoms with Crippen LogP contribution in [0.15, 0.2) is 0 Å². The molecule has 0 aromatic rings. The van der Waals surface area contributed by atoms with Crippen LogP contribution in [0.2, 0.25) is 0 Å². The molecular formula is C12H23N3O4. The number of nitrogens with one attached hydrogen (secondary N) is 2. The van der Waals surface area contributed by atoms with Gasteiger partial charge in [-0.3, -0.25) is 9.59 Å². The first-order valence-corrected chi connectivity index (χ1v) is 6.35. The number of nitrogens with zero attached hydrogens (tertiary/aromatic N) is 1. The molecule has 19 heavy (non-hydrogen) atoms. The van der Waals surface area contributed by atoms with Crippen LogP contribution in [0.3, 0.4) is 0 Å². The minimum Gasteiger partial charge on any atom is -0.383 e. The van der Waals surface area contributed by atoms with Gasteiger partial charge in [-0.05, 0) is 6.42 Å². The van der Waals surface area contributed by atoms with E-state index in [1.807, 2.05) is 0 Å². The summed E-state index contributed by atoms with van der Waals surface area (Å²) in [6.07, 6.45) is 0.711. The molecule has 2 amide bonds. The van der Waals surface area contributed by atoms with Gasteiger partial charge < -0.3 is 25.0 Å². The predicted octanol–water partition coefficient (Wildman–Crippen LogP) is -1.42. The second-order valence-electron chi connectivity index (χ2n) is 4.59. The normalized spacial score (nSPS) is 22.3. The fourth-order valence-corrected chi connectivity index (χ4v) is 1.98. The molecule has 0 aromatic carbocycles. The van der Waals surface area contributed by atoms with E-state index in [1.54, 1.807) is 21.3 Å². The number of ether oxygens (including phenoxy) is 2. The molecule has 2 atom stereocenters. The molecule has 1 aliphatic heterocycles. The van der Waals surface area contributed by atoms with Crippen molar-refractivity contribution in [1.82, 2.24) is 15.5 Å². The van der Waals surface area contributed by atoms with E-state index in [-0.39, 0.29) is 30.5 Å². The molecule has 1 rings (SSSR count). The number of carbonyl (C=O) groups excluding carboxylic acids is 2. The molecule has 7 heteroatoms. The summed E-state index contributed by atoms with van der Waals surface area (Å²) in [5, 5.41) is 5.77. The molecule has 1 heterocycles. The molecule has 0 aliphatic carbocycles. The zero-order chi connectivity index (χ0) is 14.3. The molecule has 7 nitrogen and oxygen atoms in total. The summed E-state index contributed by atoms with van der Waals surface area (Å²) in [6.45, 7) is 1.63.